The lowest BCUT2D eigenvalue weighted by atomic mass is 10.1. The molecule has 2 amide bonds. The van der Waals surface area contributed by atoms with Gasteiger partial charge in [0.1, 0.15) is 5.58 Å². The van der Waals surface area contributed by atoms with Crippen molar-refractivity contribution in [2.75, 3.05) is 17.7 Å². The molecule has 0 radical (unpaired) electrons. The van der Waals surface area contributed by atoms with Crippen LogP contribution in [0.5, 0.6) is 0 Å². The van der Waals surface area contributed by atoms with E-state index in [-0.39, 0.29) is 5.69 Å². The molecule has 0 fully saturated rings. The second-order valence-corrected chi connectivity index (χ2v) is 5.68. The molecular weight excluding hydrogens is 318 g/mol. The van der Waals surface area contributed by atoms with E-state index in [0.29, 0.717) is 17.8 Å². The third-order valence-corrected chi connectivity index (χ3v) is 3.88. The predicted molar refractivity (Wildman–Crippen MR) is 99.1 cm³/mol. The van der Waals surface area contributed by atoms with Crippen LogP contribution in [0.1, 0.15) is 11.1 Å². The maximum atomic E-state index is 12.2. The molecule has 0 aliphatic rings. The number of hydrogen-bond donors (Lipinski definition) is 3. The summed E-state index contributed by atoms with van der Waals surface area (Å²) < 4.78 is 5.27. The summed E-state index contributed by atoms with van der Waals surface area (Å²) in [6.45, 7) is 2.36. The fourth-order valence-corrected chi connectivity index (χ4v) is 2.57. The molecule has 128 valence electrons. The van der Waals surface area contributed by atoms with Gasteiger partial charge in [0, 0.05) is 19.0 Å². The Hall–Kier alpha value is -3.28. The Morgan fingerprint density at radius 1 is 1.04 bits per heavy atom. The summed E-state index contributed by atoms with van der Waals surface area (Å²) in [4.78, 5) is 24.4. The number of amides is 2. The highest BCUT2D eigenvalue weighted by Crippen LogP contribution is 2.27. The van der Waals surface area contributed by atoms with Gasteiger partial charge in [-0.25, -0.2) is 9.59 Å². The standard InChI is InChI=1S/C19H19N3O3/c1-12-7-9-13(10-8-12)11-21-19(24)22-17-16(20-2)14-5-3-4-6-15(14)25-18(17)23/h3-10,20H,11H2,1-2H3,(H2,21,22,24). The van der Waals surface area contributed by atoms with Gasteiger partial charge in [0.2, 0.25) is 0 Å². The summed E-state index contributed by atoms with van der Waals surface area (Å²) in [6.07, 6.45) is 0. The molecule has 0 bridgehead atoms. The van der Waals surface area contributed by atoms with Gasteiger partial charge in [-0.3, -0.25) is 5.32 Å². The van der Waals surface area contributed by atoms with Crippen LogP contribution in [0.15, 0.2) is 57.7 Å². The molecule has 3 rings (SSSR count). The molecular formula is C19H19N3O3. The summed E-state index contributed by atoms with van der Waals surface area (Å²) in [6, 6.07) is 14.5. The normalized spacial score (nSPS) is 10.5. The number of carbonyl (C=O) groups is 1. The lowest BCUT2D eigenvalue weighted by Gasteiger charge is -2.12. The number of benzene rings is 2. The quantitative estimate of drug-likeness (QED) is 0.637. The lowest BCUT2D eigenvalue weighted by Crippen LogP contribution is -2.30. The van der Waals surface area contributed by atoms with Crippen LogP contribution in [0.2, 0.25) is 0 Å². The molecule has 0 saturated heterocycles. The van der Waals surface area contributed by atoms with E-state index >= 15 is 0 Å². The number of anilines is 2. The molecule has 0 spiro atoms. The minimum absolute atomic E-state index is 0.0857. The Morgan fingerprint density at radius 2 is 1.76 bits per heavy atom. The molecule has 6 heteroatoms. The summed E-state index contributed by atoms with van der Waals surface area (Å²) in [5, 5.41) is 9.00. The molecule has 6 nitrogen and oxygen atoms in total. The van der Waals surface area contributed by atoms with E-state index < -0.39 is 11.7 Å². The van der Waals surface area contributed by atoms with Gasteiger partial charge in [0.15, 0.2) is 5.69 Å². The van der Waals surface area contributed by atoms with Gasteiger partial charge >= 0.3 is 11.7 Å². The number of urea groups is 1. The number of hydrogen-bond acceptors (Lipinski definition) is 4. The molecule has 1 heterocycles. The Kier molecular flexibility index (Phi) is 4.70. The largest absolute Gasteiger partial charge is 0.421 e. The zero-order valence-electron chi connectivity index (χ0n) is 14.1. The number of nitrogens with one attached hydrogen (secondary N) is 3. The Bertz CT molecular complexity index is 962. The number of aryl methyl sites for hydroxylation is 1. The third kappa shape index (κ3) is 3.63. The minimum atomic E-state index is -0.603. The molecule has 0 aliphatic carbocycles. The molecule has 3 aromatic rings. The van der Waals surface area contributed by atoms with Gasteiger partial charge in [-0.2, -0.15) is 0 Å². The molecule has 0 unspecified atom stereocenters. The van der Waals surface area contributed by atoms with E-state index in [9.17, 15) is 9.59 Å². The highest BCUT2D eigenvalue weighted by atomic mass is 16.4. The summed E-state index contributed by atoms with van der Waals surface area (Å²) >= 11 is 0. The molecule has 25 heavy (non-hydrogen) atoms. The van der Waals surface area contributed by atoms with Gasteiger partial charge in [0.05, 0.1) is 5.69 Å². The summed E-state index contributed by atoms with van der Waals surface area (Å²) in [7, 11) is 1.69. The molecule has 2 aromatic carbocycles. The number of rotatable bonds is 4. The first-order valence-corrected chi connectivity index (χ1v) is 7.92. The molecule has 0 saturated carbocycles. The monoisotopic (exact) mass is 337 g/mol. The Balaban J connectivity index is 1.80. The molecule has 0 atom stereocenters. The smallest absolute Gasteiger partial charge is 0.362 e. The lowest BCUT2D eigenvalue weighted by molar-refractivity contribution is 0.251. The van der Waals surface area contributed by atoms with Crippen LogP contribution >= 0.6 is 0 Å². The van der Waals surface area contributed by atoms with Crippen molar-refractivity contribution in [3.8, 4) is 0 Å². The van der Waals surface area contributed by atoms with Crippen LogP contribution in [-0.4, -0.2) is 13.1 Å². The van der Waals surface area contributed by atoms with Crippen molar-refractivity contribution in [1.82, 2.24) is 5.32 Å². The number of para-hydroxylation sites is 1. The van der Waals surface area contributed by atoms with Gasteiger partial charge in [-0.05, 0) is 24.6 Å². The molecule has 3 N–H and O–H groups in total. The van der Waals surface area contributed by atoms with E-state index in [4.69, 9.17) is 4.42 Å². The van der Waals surface area contributed by atoms with Crippen LogP contribution in [0.3, 0.4) is 0 Å². The van der Waals surface area contributed by atoms with Gasteiger partial charge in [-0.1, -0.05) is 42.0 Å². The molecule has 0 aliphatic heterocycles. The van der Waals surface area contributed by atoms with Gasteiger partial charge in [-0.15, -0.1) is 0 Å². The highest BCUT2D eigenvalue weighted by molar-refractivity contribution is 6.01. The first kappa shape index (κ1) is 16.6. The van der Waals surface area contributed by atoms with E-state index in [2.05, 4.69) is 16.0 Å². The van der Waals surface area contributed by atoms with Crippen molar-refractivity contribution in [3.63, 3.8) is 0 Å². The minimum Gasteiger partial charge on any atom is -0.421 e. The van der Waals surface area contributed by atoms with Crippen molar-refractivity contribution in [1.29, 1.82) is 0 Å². The maximum absolute atomic E-state index is 12.2. The average molecular weight is 337 g/mol. The van der Waals surface area contributed by atoms with Crippen LogP contribution < -0.4 is 21.6 Å². The first-order valence-electron chi connectivity index (χ1n) is 7.92. The zero-order chi connectivity index (χ0) is 17.8. The van der Waals surface area contributed by atoms with Gasteiger partial charge < -0.3 is 15.1 Å². The van der Waals surface area contributed by atoms with E-state index in [1.165, 1.54) is 0 Å². The fraction of sp³-hybridized carbons (Fsp3) is 0.158. The van der Waals surface area contributed by atoms with Crippen molar-refractivity contribution >= 4 is 28.4 Å². The van der Waals surface area contributed by atoms with E-state index in [0.717, 1.165) is 16.5 Å². The topological polar surface area (TPSA) is 83.4 Å². The van der Waals surface area contributed by atoms with Crippen molar-refractivity contribution in [3.05, 3.63) is 70.1 Å². The Morgan fingerprint density at radius 3 is 2.48 bits per heavy atom. The van der Waals surface area contributed by atoms with Gasteiger partial charge in [0.25, 0.3) is 0 Å². The maximum Gasteiger partial charge on any atom is 0.362 e. The zero-order valence-corrected chi connectivity index (χ0v) is 14.1. The van der Waals surface area contributed by atoms with E-state index in [1.54, 1.807) is 19.2 Å². The number of fused-ring (bicyclic) bond motifs is 1. The van der Waals surface area contributed by atoms with E-state index in [1.807, 2.05) is 43.3 Å². The first-order chi connectivity index (χ1) is 12.1. The predicted octanol–water partition coefficient (Wildman–Crippen LogP) is 3.46. The van der Waals surface area contributed by atoms with Crippen LogP contribution in [0.25, 0.3) is 11.0 Å². The summed E-state index contributed by atoms with van der Waals surface area (Å²) in [5.74, 6) is 0. The fourth-order valence-electron chi connectivity index (χ4n) is 2.57. The SMILES string of the molecule is CNc1c(NC(=O)NCc2ccc(C)cc2)c(=O)oc2ccccc12. The second kappa shape index (κ2) is 7.09. The highest BCUT2D eigenvalue weighted by Gasteiger charge is 2.15. The van der Waals surface area contributed by atoms with Crippen molar-refractivity contribution in [2.24, 2.45) is 0 Å². The third-order valence-electron chi connectivity index (χ3n) is 3.88. The second-order valence-electron chi connectivity index (χ2n) is 5.68. The van der Waals surface area contributed by atoms with Crippen LogP contribution in [-0.2, 0) is 6.54 Å². The van der Waals surface area contributed by atoms with Crippen LogP contribution in [0.4, 0.5) is 16.2 Å². The van der Waals surface area contributed by atoms with Crippen molar-refractivity contribution in [2.45, 2.75) is 13.5 Å². The molecule has 1 aromatic heterocycles. The Labute approximate surface area is 144 Å². The van der Waals surface area contributed by atoms with Crippen molar-refractivity contribution < 1.29 is 9.21 Å². The van der Waals surface area contributed by atoms with Crippen LogP contribution in [0, 0.1) is 6.92 Å². The number of carbonyl (C=O) groups excluding carboxylic acids is 1. The average Bonchev–Trinajstić information content (AvgIpc) is 2.62. The summed E-state index contributed by atoms with van der Waals surface area (Å²) in [5.41, 5.74) is 2.59.